The molecule has 4 nitrogen and oxygen atoms in total. The Morgan fingerprint density at radius 2 is 1.72 bits per heavy atom. The van der Waals surface area contributed by atoms with Crippen molar-refractivity contribution in [1.82, 2.24) is 14.8 Å². The minimum Gasteiger partial charge on any atom is -0.378 e. The normalized spacial score (nSPS) is 12.3. The third kappa shape index (κ3) is 3.10. The lowest BCUT2D eigenvalue weighted by molar-refractivity contribution is 0.627. The lowest BCUT2D eigenvalue weighted by atomic mass is 10.0. The molecule has 0 aliphatic rings. The molecular weight excluding hydrogens is 363 g/mol. The largest absolute Gasteiger partial charge is 0.378 e. The SMILES string of the molecule is C[C@H](Nc1cc2cnn(-c3ccc(F)cc3)c2c2ccncc12)c1ccccc1. The summed E-state index contributed by atoms with van der Waals surface area (Å²) in [6.07, 6.45) is 5.50. The zero-order valence-electron chi connectivity index (χ0n) is 15.9. The van der Waals surface area contributed by atoms with Gasteiger partial charge in [0.25, 0.3) is 0 Å². The quantitative estimate of drug-likeness (QED) is 0.422. The monoisotopic (exact) mass is 382 g/mol. The van der Waals surface area contributed by atoms with E-state index in [0.29, 0.717) is 0 Å². The van der Waals surface area contributed by atoms with Gasteiger partial charge in [-0.05, 0) is 48.9 Å². The van der Waals surface area contributed by atoms with Crippen molar-refractivity contribution >= 4 is 27.4 Å². The smallest absolute Gasteiger partial charge is 0.123 e. The molecule has 3 aromatic carbocycles. The Labute approximate surface area is 167 Å². The third-order valence-electron chi connectivity index (χ3n) is 5.21. The molecule has 0 saturated carbocycles. The molecule has 142 valence electrons. The fourth-order valence-corrected chi connectivity index (χ4v) is 3.74. The number of rotatable bonds is 4. The molecule has 0 aliphatic carbocycles. The maximum absolute atomic E-state index is 13.4. The average molecular weight is 382 g/mol. The molecule has 2 aromatic heterocycles. The Hall–Kier alpha value is -3.73. The summed E-state index contributed by atoms with van der Waals surface area (Å²) >= 11 is 0. The van der Waals surface area contributed by atoms with Crippen LogP contribution < -0.4 is 5.32 Å². The summed E-state index contributed by atoms with van der Waals surface area (Å²) in [6.45, 7) is 2.14. The molecule has 5 heteroatoms. The molecule has 0 fully saturated rings. The Kier molecular flexibility index (Phi) is 4.21. The van der Waals surface area contributed by atoms with Gasteiger partial charge in [0.2, 0.25) is 0 Å². The summed E-state index contributed by atoms with van der Waals surface area (Å²) < 4.78 is 15.2. The topological polar surface area (TPSA) is 42.7 Å². The van der Waals surface area contributed by atoms with Gasteiger partial charge in [-0.15, -0.1) is 0 Å². The molecule has 29 heavy (non-hydrogen) atoms. The number of fused-ring (bicyclic) bond motifs is 3. The number of pyridine rings is 1. The number of benzene rings is 3. The molecule has 1 N–H and O–H groups in total. The van der Waals surface area contributed by atoms with E-state index in [1.807, 2.05) is 41.3 Å². The van der Waals surface area contributed by atoms with Crippen LogP contribution in [0.5, 0.6) is 0 Å². The van der Waals surface area contributed by atoms with Crippen molar-refractivity contribution in [3.05, 3.63) is 96.7 Å². The van der Waals surface area contributed by atoms with Crippen LogP contribution in [0.2, 0.25) is 0 Å². The Bertz CT molecular complexity index is 1290. The highest BCUT2D eigenvalue weighted by Gasteiger charge is 2.14. The van der Waals surface area contributed by atoms with Gasteiger partial charge in [-0.2, -0.15) is 5.10 Å². The molecule has 5 rings (SSSR count). The van der Waals surface area contributed by atoms with Gasteiger partial charge in [-0.3, -0.25) is 4.98 Å². The Balaban J connectivity index is 1.66. The Morgan fingerprint density at radius 3 is 2.52 bits per heavy atom. The van der Waals surface area contributed by atoms with Gasteiger partial charge in [-0.25, -0.2) is 9.07 Å². The number of nitrogens with one attached hydrogen (secondary N) is 1. The highest BCUT2D eigenvalue weighted by atomic mass is 19.1. The molecule has 0 aliphatic heterocycles. The van der Waals surface area contributed by atoms with Crippen LogP contribution in [0.1, 0.15) is 18.5 Å². The molecule has 0 unspecified atom stereocenters. The number of anilines is 1. The zero-order chi connectivity index (χ0) is 19.8. The standard InChI is InChI=1S/C24H19FN4/c1-16(17-5-3-2-4-6-17)28-23-13-18-14-27-29(20-9-7-19(25)8-10-20)24(18)21-11-12-26-15-22(21)23/h2-16,28H,1H3/t16-/m0/s1. The summed E-state index contributed by atoms with van der Waals surface area (Å²) in [5.74, 6) is -0.263. The second-order valence-electron chi connectivity index (χ2n) is 7.09. The van der Waals surface area contributed by atoms with Crippen LogP contribution >= 0.6 is 0 Å². The molecule has 0 bridgehead atoms. The van der Waals surface area contributed by atoms with Crippen molar-refractivity contribution in [2.45, 2.75) is 13.0 Å². The molecule has 2 heterocycles. The molecular formula is C24H19FN4. The van der Waals surface area contributed by atoms with E-state index < -0.39 is 0 Å². The van der Waals surface area contributed by atoms with Crippen molar-refractivity contribution in [3.8, 4) is 5.69 Å². The second-order valence-corrected chi connectivity index (χ2v) is 7.09. The molecule has 0 saturated heterocycles. The number of nitrogens with zero attached hydrogens (tertiary/aromatic N) is 3. The highest BCUT2D eigenvalue weighted by Crippen LogP contribution is 2.34. The van der Waals surface area contributed by atoms with Crippen LogP contribution in [0, 0.1) is 5.82 Å². The number of hydrogen-bond donors (Lipinski definition) is 1. The molecule has 0 spiro atoms. The summed E-state index contributed by atoms with van der Waals surface area (Å²) in [7, 11) is 0. The first-order valence-electron chi connectivity index (χ1n) is 9.52. The number of aromatic nitrogens is 3. The van der Waals surface area contributed by atoms with Gasteiger partial charge in [0.15, 0.2) is 0 Å². The first kappa shape index (κ1) is 17.4. The van der Waals surface area contributed by atoms with Gasteiger partial charge in [-0.1, -0.05) is 30.3 Å². The average Bonchev–Trinajstić information content (AvgIpc) is 3.19. The van der Waals surface area contributed by atoms with E-state index in [0.717, 1.165) is 33.1 Å². The van der Waals surface area contributed by atoms with Gasteiger partial charge >= 0.3 is 0 Å². The van der Waals surface area contributed by atoms with Crippen LogP contribution in [-0.4, -0.2) is 14.8 Å². The summed E-state index contributed by atoms with van der Waals surface area (Å²) in [4.78, 5) is 4.34. The van der Waals surface area contributed by atoms with Crippen molar-refractivity contribution in [2.24, 2.45) is 0 Å². The van der Waals surface area contributed by atoms with Gasteiger partial charge in [0.1, 0.15) is 5.82 Å². The first-order chi connectivity index (χ1) is 14.2. The van der Waals surface area contributed by atoms with Crippen LogP contribution in [-0.2, 0) is 0 Å². The van der Waals surface area contributed by atoms with Crippen molar-refractivity contribution < 1.29 is 4.39 Å². The predicted octanol–water partition coefficient (Wildman–Crippen LogP) is 5.89. The fraction of sp³-hybridized carbons (Fsp3) is 0.0833. The van der Waals surface area contributed by atoms with Gasteiger partial charge in [0.05, 0.1) is 17.4 Å². The minimum atomic E-state index is -0.263. The summed E-state index contributed by atoms with van der Waals surface area (Å²) in [5.41, 5.74) is 4.02. The third-order valence-corrected chi connectivity index (χ3v) is 5.21. The van der Waals surface area contributed by atoms with Crippen LogP contribution in [0.4, 0.5) is 10.1 Å². The number of hydrogen-bond acceptors (Lipinski definition) is 3. The maximum Gasteiger partial charge on any atom is 0.123 e. The van der Waals surface area contributed by atoms with Crippen LogP contribution in [0.15, 0.2) is 85.3 Å². The number of halogens is 1. The molecule has 1 atom stereocenters. The molecule has 5 aromatic rings. The maximum atomic E-state index is 13.4. The minimum absolute atomic E-state index is 0.143. The summed E-state index contributed by atoms with van der Waals surface area (Å²) in [5, 5.41) is 11.3. The van der Waals surface area contributed by atoms with E-state index >= 15 is 0 Å². The first-order valence-corrected chi connectivity index (χ1v) is 9.52. The van der Waals surface area contributed by atoms with Gasteiger partial charge < -0.3 is 5.32 Å². The van der Waals surface area contributed by atoms with Crippen molar-refractivity contribution in [1.29, 1.82) is 0 Å². The van der Waals surface area contributed by atoms with E-state index in [9.17, 15) is 4.39 Å². The predicted molar refractivity (Wildman–Crippen MR) is 115 cm³/mol. The van der Waals surface area contributed by atoms with E-state index in [2.05, 4.69) is 40.5 Å². The van der Waals surface area contributed by atoms with E-state index in [1.165, 1.54) is 17.7 Å². The van der Waals surface area contributed by atoms with Crippen molar-refractivity contribution in [3.63, 3.8) is 0 Å². The van der Waals surface area contributed by atoms with E-state index in [-0.39, 0.29) is 11.9 Å². The van der Waals surface area contributed by atoms with Gasteiger partial charge in [0, 0.05) is 40.3 Å². The lowest BCUT2D eigenvalue weighted by Gasteiger charge is -2.18. The molecule has 0 radical (unpaired) electrons. The van der Waals surface area contributed by atoms with Crippen molar-refractivity contribution in [2.75, 3.05) is 5.32 Å². The molecule has 0 amide bonds. The van der Waals surface area contributed by atoms with Crippen LogP contribution in [0.3, 0.4) is 0 Å². The van der Waals surface area contributed by atoms with E-state index in [1.54, 1.807) is 18.3 Å². The van der Waals surface area contributed by atoms with Crippen LogP contribution in [0.25, 0.3) is 27.4 Å². The summed E-state index contributed by atoms with van der Waals surface area (Å²) in [6, 6.07) is 20.9. The highest BCUT2D eigenvalue weighted by molar-refractivity contribution is 6.11. The van der Waals surface area contributed by atoms with E-state index in [4.69, 9.17) is 0 Å². The zero-order valence-corrected chi connectivity index (χ0v) is 15.9. The lowest BCUT2D eigenvalue weighted by Crippen LogP contribution is -2.07. The second kappa shape index (κ2) is 7.02. The Morgan fingerprint density at radius 1 is 0.931 bits per heavy atom. The fourth-order valence-electron chi connectivity index (χ4n) is 3.74.